The van der Waals surface area contributed by atoms with Crippen LogP contribution in [-0.4, -0.2) is 34.6 Å². The summed E-state index contributed by atoms with van der Waals surface area (Å²) in [4.78, 5) is 35.5. The number of methoxy groups -OCH3 is 1. The number of nitrogens with zero attached hydrogens (tertiary/aromatic N) is 1. The number of amides is 2. The van der Waals surface area contributed by atoms with Crippen LogP contribution >= 0.6 is 11.8 Å². The molecule has 1 aromatic rings. The Labute approximate surface area is 113 Å². The van der Waals surface area contributed by atoms with E-state index in [9.17, 15) is 14.4 Å². The van der Waals surface area contributed by atoms with Crippen molar-refractivity contribution in [1.29, 1.82) is 0 Å². The van der Waals surface area contributed by atoms with Crippen LogP contribution in [0.3, 0.4) is 0 Å². The Morgan fingerprint density at radius 1 is 1.47 bits per heavy atom. The molecule has 1 atom stereocenters. The highest BCUT2D eigenvalue weighted by Gasteiger charge is 2.41. The first kappa shape index (κ1) is 13.4. The van der Waals surface area contributed by atoms with Gasteiger partial charge in [0.15, 0.2) is 0 Å². The van der Waals surface area contributed by atoms with Crippen LogP contribution in [0.25, 0.3) is 0 Å². The van der Waals surface area contributed by atoms with E-state index in [-0.39, 0.29) is 6.42 Å². The van der Waals surface area contributed by atoms with Gasteiger partial charge in [0.25, 0.3) is 5.24 Å². The van der Waals surface area contributed by atoms with Crippen molar-refractivity contribution in [3.05, 3.63) is 24.3 Å². The number of aliphatic carboxylic acids is 1. The van der Waals surface area contributed by atoms with Crippen molar-refractivity contribution in [3.8, 4) is 5.75 Å². The first-order valence-corrected chi connectivity index (χ1v) is 6.31. The topological polar surface area (TPSA) is 83.9 Å². The summed E-state index contributed by atoms with van der Waals surface area (Å²) in [6, 6.07) is 6.50. The van der Waals surface area contributed by atoms with Gasteiger partial charge >= 0.3 is 5.97 Å². The number of anilines is 1. The van der Waals surface area contributed by atoms with Gasteiger partial charge in [0, 0.05) is 6.07 Å². The molecule has 1 unspecified atom stereocenters. The predicted octanol–water partition coefficient (Wildman–Crippen LogP) is 1.74. The van der Waals surface area contributed by atoms with Crippen molar-refractivity contribution in [1.82, 2.24) is 0 Å². The van der Waals surface area contributed by atoms with E-state index in [1.165, 1.54) is 7.11 Å². The Balaban J connectivity index is 2.26. The molecule has 1 aromatic carbocycles. The summed E-state index contributed by atoms with van der Waals surface area (Å²) in [5.41, 5.74) is 0.384. The normalized spacial score (nSPS) is 18.8. The van der Waals surface area contributed by atoms with E-state index >= 15 is 0 Å². The van der Waals surface area contributed by atoms with E-state index in [4.69, 9.17) is 9.84 Å². The third kappa shape index (κ3) is 2.70. The first-order valence-electron chi connectivity index (χ1n) is 5.43. The second kappa shape index (κ2) is 5.31. The van der Waals surface area contributed by atoms with Gasteiger partial charge in [-0.15, -0.1) is 0 Å². The van der Waals surface area contributed by atoms with Gasteiger partial charge in [-0.25, -0.2) is 4.90 Å². The molecule has 1 saturated heterocycles. The number of thioether (sulfide) groups is 1. The van der Waals surface area contributed by atoms with E-state index in [2.05, 4.69) is 0 Å². The maximum atomic E-state index is 12.0. The summed E-state index contributed by atoms with van der Waals surface area (Å²) < 4.78 is 5.03. The van der Waals surface area contributed by atoms with Gasteiger partial charge in [0.1, 0.15) is 11.0 Å². The van der Waals surface area contributed by atoms with Gasteiger partial charge in [-0.05, 0) is 23.9 Å². The van der Waals surface area contributed by atoms with E-state index < -0.39 is 22.4 Å². The lowest BCUT2D eigenvalue weighted by Gasteiger charge is -2.14. The fourth-order valence-corrected chi connectivity index (χ4v) is 2.70. The second-order valence-corrected chi connectivity index (χ2v) is 5.00. The molecular formula is C12H11NO5S. The zero-order chi connectivity index (χ0) is 14.0. The fourth-order valence-electron chi connectivity index (χ4n) is 1.73. The second-order valence-electron chi connectivity index (χ2n) is 3.85. The Hall–Kier alpha value is -2.02. The Morgan fingerprint density at radius 3 is 2.84 bits per heavy atom. The number of carbonyl (C=O) groups excluding carboxylic acids is 2. The average Bonchev–Trinajstić information content (AvgIpc) is 2.64. The Bertz CT molecular complexity index is 545. The van der Waals surface area contributed by atoms with Crippen molar-refractivity contribution >= 4 is 34.6 Å². The zero-order valence-electron chi connectivity index (χ0n) is 10.0. The van der Waals surface area contributed by atoms with Crippen molar-refractivity contribution in [2.45, 2.75) is 11.7 Å². The molecule has 0 aliphatic carbocycles. The number of ether oxygens (including phenoxy) is 1. The number of rotatable bonds is 4. The molecule has 1 aliphatic rings. The monoisotopic (exact) mass is 281 g/mol. The summed E-state index contributed by atoms with van der Waals surface area (Å²) in [5, 5.41) is 7.37. The third-order valence-corrected chi connectivity index (χ3v) is 3.63. The maximum Gasteiger partial charge on any atom is 0.305 e. The van der Waals surface area contributed by atoms with Crippen molar-refractivity contribution in [2.75, 3.05) is 12.0 Å². The molecule has 1 N–H and O–H groups in total. The molecule has 2 amide bonds. The quantitative estimate of drug-likeness (QED) is 0.905. The van der Waals surface area contributed by atoms with Gasteiger partial charge in [-0.1, -0.05) is 6.07 Å². The Kier molecular flexibility index (Phi) is 3.75. The van der Waals surface area contributed by atoms with Crippen LogP contribution in [0.15, 0.2) is 24.3 Å². The highest BCUT2D eigenvalue weighted by molar-refractivity contribution is 8.15. The molecule has 19 heavy (non-hydrogen) atoms. The minimum Gasteiger partial charge on any atom is -0.497 e. The highest BCUT2D eigenvalue weighted by atomic mass is 32.2. The SMILES string of the molecule is COc1cccc(N2C(=O)SC(CC(=O)O)C2=O)c1. The van der Waals surface area contributed by atoms with Crippen LogP contribution in [0.2, 0.25) is 0 Å². The molecule has 0 saturated carbocycles. The average molecular weight is 281 g/mol. The zero-order valence-corrected chi connectivity index (χ0v) is 10.8. The lowest BCUT2D eigenvalue weighted by molar-refractivity contribution is -0.138. The number of hydrogen-bond acceptors (Lipinski definition) is 5. The van der Waals surface area contributed by atoms with Crippen LogP contribution in [0.1, 0.15) is 6.42 Å². The number of imide groups is 1. The van der Waals surface area contributed by atoms with E-state index in [1.807, 2.05) is 0 Å². The molecule has 0 aromatic heterocycles. The van der Waals surface area contributed by atoms with Crippen molar-refractivity contribution in [2.24, 2.45) is 0 Å². The van der Waals surface area contributed by atoms with Crippen LogP contribution < -0.4 is 9.64 Å². The highest BCUT2D eigenvalue weighted by Crippen LogP contribution is 2.34. The number of carbonyl (C=O) groups is 3. The first-order chi connectivity index (χ1) is 9.02. The van der Waals surface area contributed by atoms with Crippen molar-refractivity contribution in [3.63, 3.8) is 0 Å². The van der Waals surface area contributed by atoms with Crippen LogP contribution in [0.5, 0.6) is 5.75 Å². The summed E-state index contributed by atoms with van der Waals surface area (Å²) >= 11 is 0.734. The maximum absolute atomic E-state index is 12.0. The van der Waals surface area contributed by atoms with Gasteiger partial charge in [0.2, 0.25) is 5.91 Å². The molecular weight excluding hydrogens is 270 g/mol. The minimum absolute atomic E-state index is 0.365. The standard InChI is InChI=1S/C12H11NO5S/c1-18-8-4-2-3-7(5-8)13-11(16)9(6-10(14)15)19-12(13)17/h2-5,9H,6H2,1H3,(H,14,15). The summed E-state index contributed by atoms with van der Waals surface area (Å²) in [7, 11) is 1.48. The summed E-state index contributed by atoms with van der Waals surface area (Å²) in [5.74, 6) is -1.10. The molecule has 7 heteroatoms. The molecule has 0 spiro atoms. The van der Waals surface area contributed by atoms with Gasteiger partial charge in [0.05, 0.1) is 19.2 Å². The molecule has 0 bridgehead atoms. The predicted molar refractivity (Wildman–Crippen MR) is 69.5 cm³/mol. The molecule has 2 rings (SSSR count). The molecule has 1 fully saturated rings. The van der Waals surface area contributed by atoms with Crippen LogP contribution in [0.4, 0.5) is 10.5 Å². The molecule has 0 radical (unpaired) electrons. The Morgan fingerprint density at radius 2 is 2.21 bits per heavy atom. The number of hydrogen-bond donors (Lipinski definition) is 1. The molecule has 1 aliphatic heterocycles. The van der Waals surface area contributed by atoms with Crippen LogP contribution in [-0.2, 0) is 9.59 Å². The van der Waals surface area contributed by atoms with E-state index in [1.54, 1.807) is 24.3 Å². The third-order valence-electron chi connectivity index (χ3n) is 2.59. The van der Waals surface area contributed by atoms with Gasteiger partial charge in [-0.2, -0.15) is 0 Å². The molecule has 6 nitrogen and oxygen atoms in total. The molecule has 100 valence electrons. The van der Waals surface area contributed by atoms with Gasteiger partial charge in [-0.3, -0.25) is 14.4 Å². The number of benzene rings is 1. The number of carboxylic acids is 1. The molecule has 1 heterocycles. The van der Waals surface area contributed by atoms with E-state index in [0.29, 0.717) is 11.4 Å². The van der Waals surface area contributed by atoms with Gasteiger partial charge < -0.3 is 9.84 Å². The minimum atomic E-state index is -1.11. The van der Waals surface area contributed by atoms with Crippen molar-refractivity contribution < 1.29 is 24.2 Å². The smallest absolute Gasteiger partial charge is 0.305 e. The lowest BCUT2D eigenvalue weighted by atomic mass is 10.2. The number of carboxylic acid groups (broad SMARTS) is 1. The largest absolute Gasteiger partial charge is 0.497 e. The summed E-state index contributed by atoms with van der Waals surface area (Å²) in [6.07, 6.45) is -0.365. The lowest BCUT2D eigenvalue weighted by Crippen LogP contribution is -2.32. The van der Waals surface area contributed by atoms with Crippen LogP contribution in [0, 0.1) is 0 Å². The summed E-state index contributed by atoms with van der Waals surface area (Å²) in [6.45, 7) is 0. The van der Waals surface area contributed by atoms with E-state index in [0.717, 1.165) is 16.7 Å². The fraction of sp³-hybridized carbons (Fsp3) is 0.250.